The van der Waals surface area contributed by atoms with Gasteiger partial charge in [0.1, 0.15) is 5.75 Å². The van der Waals surface area contributed by atoms with Gasteiger partial charge in [-0.15, -0.1) is 11.3 Å². The number of benzene rings is 2. The highest BCUT2D eigenvalue weighted by molar-refractivity contribution is 7.13. The predicted molar refractivity (Wildman–Crippen MR) is 107 cm³/mol. The highest BCUT2D eigenvalue weighted by Gasteiger charge is 2.11. The van der Waals surface area contributed by atoms with Gasteiger partial charge in [0.25, 0.3) is 0 Å². The number of ether oxygens (including phenoxy) is 1. The molecular weight excluding hydrogens is 370 g/mol. The third-order valence-electron chi connectivity index (χ3n) is 3.60. The average Bonchev–Trinajstić information content (AvgIpc) is 3.01. The van der Waals surface area contributed by atoms with Gasteiger partial charge >= 0.3 is 0 Å². The van der Waals surface area contributed by atoms with E-state index in [1.54, 1.807) is 7.11 Å². The van der Waals surface area contributed by atoms with Gasteiger partial charge in [0.2, 0.25) is 5.91 Å². The number of amides is 1. The van der Waals surface area contributed by atoms with Crippen molar-refractivity contribution in [3.05, 3.63) is 64.1 Å². The highest BCUT2D eigenvalue weighted by atomic mass is 35.5. The number of nitrogens with zero attached hydrogens (tertiary/aromatic N) is 1. The minimum Gasteiger partial charge on any atom is -0.495 e. The van der Waals surface area contributed by atoms with Crippen LogP contribution in [-0.2, 0) is 11.2 Å². The third kappa shape index (κ3) is 4.74. The molecule has 26 heavy (non-hydrogen) atoms. The van der Waals surface area contributed by atoms with Crippen molar-refractivity contribution in [2.45, 2.75) is 13.3 Å². The van der Waals surface area contributed by atoms with Crippen LogP contribution in [0, 0.1) is 6.92 Å². The number of halogens is 1. The Bertz CT molecular complexity index is 927. The lowest BCUT2D eigenvalue weighted by Crippen LogP contribution is -2.15. The van der Waals surface area contributed by atoms with Crippen LogP contribution in [0.15, 0.2) is 47.8 Å². The number of aryl methyl sites for hydroxylation is 1. The number of aromatic nitrogens is 1. The molecule has 0 aliphatic carbocycles. The van der Waals surface area contributed by atoms with Gasteiger partial charge in [-0.25, -0.2) is 4.98 Å². The second-order valence-corrected chi connectivity index (χ2v) is 7.00. The van der Waals surface area contributed by atoms with Gasteiger partial charge in [0, 0.05) is 16.1 Å². The van der Waals surface area contributed by atoms with Gasteiger partial charge in [-0.05, 0) is 42.8 Å². The number of anilines is 3. The van der Waals surface area contributed by atoms with Gasteiger partial charge in [-0.2, -0.15) is 0 Å². The van der Waals surface area contributed by atoms with E-state index < -0.39 is 0 Å². The number of methoxy groups -OCH3 is 1. The summed E-state index contributed by atoms with van der Waals surface area (Å²) in [7, 11) is 1.58. The average molecular weight is 388 g/mol. The number of rotatable bonds is 6. The van der Waals surface area contributed by atoms with Gasteiger partial charge in [-0.3, -0.25) is 4.79 Å². The zero-order valence-electron chi connectivity index (χ0n) is 14.4. The Balaban J connectivity index is 1.64. The van der Waals surface area contributed by atoms with Crippen molar-refractivity contribution in [1.82, 2.24) is 4.98 Å². The minimum absolute atomic E-state index is 0.145. The van der Waals surface area contributed by atoms with E-state index in [0.717, 1.165) is 11.3 Å². The minimum atomic E-state index is -0.145. The second kappa shape index (κ2) is 8.21. The summed E-state index contributed by atoms with van der Waals surface area (Å²) in [5.41, 5.74) is 3.25. The summed E-state index contributed by atoms with van der Waals surface area (Å²) < 4.78 is 5.28. The molecule has 0 fully saturated rings. The molecule has 7 heteroatoms. The fraction of sp³-hybridized carbons (Fsp3) is 0.158. The number of thiazole rings is 1. The Hall–Kier alpha value is -2.57. The first-order valence-electron chi connectivity index (χ1n) is 7.95. The maximum Gasteiger partial charge on any atom is 0.230 e. The standard InChI is InChI=1S/C19H18ClN3O2S/c1-12-6-7-17(25-2)16(8-12)23-18(24)10-15-11-26-19(22-15)21-14-5-3-4-13(20)9-14/h3-9,11H,10H2,1-2H3,(H,21,22)(H,23,24). The van der Waals surface area contributed by atoms with Crippen LogP contribution in [0.2, 0.25) is 5.02 Å². The van der Waals surface area contributed by atoms with Crippen LogP contribution >= 0.6 is 22.9 Å². The molecule has 1 heterocycles. The zero-order valence-corrected chi connectivity index (χ0v) is 15.9. The van der Waals surface area contributed by atoms with Gasteiger partial charge in [0.15, 0.2) is 5.13 Å². The Labute approximate surface area is 161 Å². The topological polar surface area (TPSA) is 63.2 Å². The third-order valence-corrected chi connectivity index (χ3v) is 4.64. The van der Waals surface area contributed by atoms with E-state index in [1.807, 2.05) is 54.8 Å². The molecule has 0 radical (unpaired) electrons. The Morgan fingerprint density at radius 1 is 1.27 bits per heavy atom. The molecule has 0 unspecified atom stereocenters. The van der Waals surface area contributed by atoms with Crippen LogP contribution in [0.1, 0.15) is 11.3 Å². The van der Waals surface area contributed by atoms with Crippen LogP contribution in [0.4, 0.5) is 16.5 Å². The van der Waals surface area contributed by atoms with Crippen LogP contribution in [0.25, 0.3) is 0 Å². The number of nitrogens with one attached hydrogen (secondary N) is 2. The molecule has 0 bridgehead atoms. The molecule has 2 aromatic carbocycles. The van der Waals surface area contributed by atoms with Crippen LogP contribution < -0.4 is 15.4 Å². The normalized spacial score (nSPS) is 10.4. The molecule has 0 atom stereocenters. The summed E-state index contributed by atoms with van der Waals surface area (Å²) in [6, 6.07) is 13.0. The molecule has 3 rings (SSSR count). The molecule has 0 aliphatic rings. The molecule has 5 nitrogen and oxygen atoms in total. The van der Waals surface area contributed by atoms with E-state index in [9.17, 15) is 4.79 Å². The molecule has 0 spiro atoms. The van der Waals surface area contributed by atoms with Crippen molar-refractivity contribution in [1.29, 1.82) is 0 Å². The number of hydrogen-bond acceptors (Lipinski definition) is 5. The highest BCUT2D eigenvalue weighted by Crippen LogP contribution is 2.26. The number of carbonyl (C=O) groups is 1. The largest absolute Gasteiger partial charge is 0.495 e. The van der Waals surface area contributed by atoms with Gasteiger partial charge in [0.05, 0.1) is 24.9 Å². The van der Waals surface area contributed by atoms with E-state index in [0.29, 0.717) is 27.3 Å². The molecule has 1 amide bonds. The molecule has 0 saturated carbocycles. The summed E-state index contributed by atoms with van der Waals surface area (Å²) in [6.07, 6.45) is 0.185. The summed E-state index contributed by atoms with van der Waals surface area (Å²) >= 11 is 7.42. The maximum atomic E-state index is 12.3. The van der Waals surface area contributed by atoms with Crippen molar-refractivity contribution in [2.24, 2.45) is 0 Å². The van der Waals surface area contributed by atoms with Crippen molar-refractivity contribution in [3.8, 4) is 5.75 Å². The maximum absolute atomic E-state index is 12.3. The first-order chi connectivity index (χ1) is 12.5. The molecular formula is C19H18ClN3O2S. The van der Waals surface area contributed by atoms with Crippen LogP contribution in [0.3, 0.4) is 0 Å². The monoisotopic (exact) mass is 387 g/mol. The van der Waals surface area contributed by atoms with E-state index in [4.69, 9.17) is 16.3 Å². The Morgan fingerprint density at radius 2 is 2.12 bits per heavy atom. The van der Waals surface area contributed by atoms with E-state index in [2.05, 4.69) is 15.6 Å². The number of hydrogen-bond donors (Lipinski definition) is 2. The fourth-order valence-corrected chi connectivity index (χ4v) is 3.33. The van der Waals surface area contributed by atoms with Crippen molar-refractivity contribution < 1.29 is 9.53 Å². The first-order valence-corrected chi connectivity index (χ1v) is 9.21. The zero-order chi connectivity index (χ0) is 18.5. The Morgan fingerprint density at radius 3 is 2.88 bits per heavy atom. The van der Waals surface area contributed by atoms with E-state index in [-0.39, 0.29) is 12.3 Å². The quantitative estimate of drug-likeness (QED) is 0.622. The summed E-state index contributed by atoms with van der Waals surface area (Å²) in [4.78, 5) is 16.8. The molecule has 134 valence electrons. The second-order valence-electron chi connectivity index (χ2n) is 5.71. The summed E-state index contributed by atoms with van der Waals surface area (Å²) in [6.45, 7) is 1.96. The van der Waals surface area contributed by atoms with Crippen LogP contribution in [-0.4, -0.2) is 18.0 Å². The van der Waals surface area contributed by atoms with Gasteiger partial charge in [-0.1, -0.05) is 23.7 Å². The van der Waals surface area contributed by atoms with Crippen molar-refractivity contribution >= 4 is 45.4 Å². The molecule has 2 N–H and O–H groups in total. The van der Waals surface area contributed by atoms with E-state index in [1.165, 1.54) is 11.3 Å². The van der Waals surface area contributed by atoms with E-state index >= 15 is 0 Å². The van der Waals surface area contributed by atoms with Gasteiger partial charge < -0.3 is 15.4 Å². The first kappa shape index (κ1) is 18.2. The fourth-order valence-electron chi connectivity index (χ4n) is 2.41. The molecule has 1 aromatic heterocycles. The predicted octanol–water partition coefficient (Wildman–Crippen LogP) is 5.04. The summed E-state index contributed by atoms with van der Waals surface area (Å²) in [5, 5.41) is 9.29. The van der Waals surface area contributed by atoms with Crippen molar-refractivity contribution in [2.75, 3.05) is 17.7 Å². The SMILES string of the molecule is COc1ccc(C)cc1NC(=O)Cc1csc(Nc2cccc(Cl)c2)n1. The summed E-state index contributed by atoms with van der Waals surface area (Å²) in [5.74, 6) is 0.485. The van der Waals surface area contributed by atoms with Crippen LogP contribution in [0.5, 0.6) is 5.75 Å². The lowest BCUT2D eigenvalue weighted by molar-refractivity contribution is -0.115. The lowest BCUT2D eigenvalue weighted by atomic mass is 10.2. The Kier molecular flexibility index (Phi) is 5.75. The number of carbonyl (C=O) groups excluding carboxylic acids is 1. The van der Waals surface area contributed by atoms with Crippen molar-refractivity contribution in [3.63, 3.8) is 0 Å². The smallest absolute Gasteiger partial charge is 0.230 e. The molecule has 0 saturated heterocycles. The molecule has 3 aromatic rings. The molecule has 0 aliphatic heterocycles. The lowest BCUT2D eigenvalue weighted by Gasteiger charge is -2.10.